The van der Waals surface area contributed by atoms with Crippen LogP contribution < -0.4 is 40.2 Å². The van der Waals surface area contributed by atoms with Crippen molar-refractivity contribution in [2.75, 3.05) is 54.3 Å². The second-order valence-electron chi connectivity index (χ2n) is 14.5. The van der Waals surface area contributed by atoms with Gasteiger partial charge < -0.3 is 55.9 Å². The minimum absolute atomic E-state index is 0.139. The van der Waals surface area contributed by atoms with Gasteiger partial charge in [0.05, 0.1) is 55.8 Å². The van der Waals surface area contributed by atoms with Crippen LogP contribution >= 0.6 is 0 Å². The number of hydrogen-bond acceptors (Lipinski definition) is 13. The number of nitrogens with one attached hydrogen (secondary N) is 5. The number of anilines is 5. The average Bonchev–Trinajstić information content (AvgIpc) is 3.19. The van der Waals surface area contributed by atoms with Crippen LogP contribution in [0.15, 0.2) is 85.1 Å². The van der Waals surface area contributed by atoms with Crippen LogP contribution in [-0.4, -0.2) is 97.7 Å². The predicted molar refractivity (Wildman–Crippen MR) is 225 cm³/mol. The summed E-state index contributed by atoms with van der Waals surface area (Å²) in [6.07, 6.45) is -2.17. The predicted octanol–water partition coefficient (Wildman–Crippen LogP) is 4.91. The Kier molecular flexibility index (Phi) is 13.9. The monoisotopic (exact) mass is 832 g/mol. The van der Waals surface area contributed by atoms with Gasteiger partial charge in [-0.15, -0.1) is 0 Å². The molecule has 5 aromatic rings. The summed E-state index contributed by atoms with van der Waals surface area (Å²) < 4.78 is 44.1. The molecule has 5 rings (SSSR count). The Hall–Kier alpha value is -6.18. The molecule has 0 fully saturated rings. The molecule has 0 aliphatic rings. The van der Waals surface area contributed by atoms with Crippen LogP contribution in [-0.2, 0) is 15.4 Å². The van der Waals surface area contributed by atoms with Crippen LogP contribution in [0.1, 0.15) is 36.7 Å². The fourth-order valence-corrected chi connectivity index (χ4v) is 6.50. The molecule has 3 amide bonds. The molecule has 314 valence electrons. The number of aromatic nitrogens is 1. The van der Waals surface area contributed by atoms with E-state index in [1.807, 2.05) is 45.0 Å². The fraction of sp³-hybridized carbons (Fsp3) is 0.293. The molecule has 0 saturated heterocycles. The van der Waals surface area contributed by atoms with E-state index in [0.29, 0.717) is 39.5 Å². The summed E-state index contributed by atoms with van der Waals surface area (Å²) in [7, 11) is -0.895. The molecule has 9 N–H and O–H groups in total. The zero-order chi connectivity index (χ0) is 43.1. The first-order chi connectivity index (χ1) is 27.9. The van der Waals surface area contributed by atoms with Gasteiger partial charge >= 0.3 is 6.03 Å². The molecular weight excluding hydrogens is 785 g/mol. The van der Waals surface area contributed by atoms with E-state index in [9.17, 15) is 33.3 Å². The number of aliphatic hydroxyl groups is 4. The standard InChI is InChI=1S/C41H48N6O11S/c1-41(2,3)23-17-30(38(57-5)31(18-23)47-59(6,54)55)46-40(53)45-29-13-14-34(27-10-8-7-9-26(27)29)58-25-15-16-42-36(20-25)44-24-11-12-28(35(19-24)56-4)39(52)43-21-32(49)37(51)33(50)22-48/h7-20,32-33,37,47-51H,21-22H2,1-6H3,(H,42,44)(H,43,52)(H2,45,46,53)/t32-,33+,37-/m0/s1. The summed E-state index contributed by atoms with van der Waals surface area (Å²) in [4.78, 5) is 30.7. The van der Waals surface area contributed by atoms with Gasteiger partial charge in [-0.25, -0.2) is 18.2 Å². The lowest BCUT2D eigenvalue weighted by molar-refractivity contribution is -0.0743. The van der Waals surface area contributed by atoms with Gasteiger partial charge in [0.2, 0.25) is 10.0 Å². The lowest BCUT2D eigenvalue weighted by atomic mass is 9.86. The summed E-state index contributed by atoms with van der Waals surface area (Å²) in [5.74, 6) is 1.06. The number of carbonyl (C=O) groups excluding carboxylic acids is 2. The maximum atomic E-state index is 13.5. The number of hydrogen-bond donors (Lipinski definition) is 9. The number of amides is 3. The number of rotatable bonds is 16. The van der Waals surface area contributed by atoms with Crippen LogP contribution in [0.25, 0.3) is 10.8 Å². The normalized spacial score (nSPS) is 13.1. The Balaban J connectivity index is 1.31. The Morgan fingerprint density at radius 2 is 1.51 bits per heavy atom. The second kappa shape index (κ2) is 18.6. The molecule has 1 aromatic heterocycles. The van der Waals surface area contributed by atoms with Crippen LogP contribution in [0.4, 0.5) is 33.4 Å². The molecule has 3 atom stereocenters. The Morgan fingerprint density at radius 3 is 2.17 bits per heavy atom. The van der Waals surface area contributed by atoms with Gasteiger partial charge in [0.15, 0.2) is 5.75 Å². The molecule has 0 aliphatic carbocycles. The maximum Gasteiger partial charge on any atom is 0.323 e. The highest BCUT2D eigenvalue weighted by Crippen LogP contribution is 2.40. The average molecular weight is 833 g/mol. The van der Waals surface area contributed by atoms with Gasteiger partial charge in [-0.2, -0.15) is 0 Å². The number of urea groups is 1. The maximum absolute atomic E-state index is 13.5. The molecule has 0 bridgehead atoms. The Morgan fingerprint density at radius 1 is 0.814 bits per heavy atom. The van der Waals surface area contributed by atoms with Crippen LogP contribution in [0.2, 0.25) is 0 Å². The van der Waals surface area contributed by atoms with E-state index < -0.39 is 58.8 Å². The first kappa shape index (κ1) is 43.9. The molecule has 18 heteroatoms. The number of benzene rings is 4. The zero-order valence-corrected chi connectivity index (χ0v) is 34.0. The number of ether oxygens (including phenoxy) is 3. The fourth-order valence-electron chi connectivity index (χ4n) is 5.95. The van der Waals surface area contributed by atoms with Gasteiger partial charge in [-0.05, 0) is 53.4 Å². The van der Waals surface area contributed by atoms with Gasteiger partial charge in [-0.1, -0.05) is 45.0 Å². The van der Waals surface area contributed by atoms with Crippen LogP contribution in [0.5, 0.6) is 23.0 Å². The summed E-state index contributed by atoms with van der Waals surface area (Å²) >= 11 is 0. The third-order valence-electron chi connectivity index (χ3n) is 8.96. The van der Waals surface area contributed by atoms with E-state index in [4.69, 9.17) is 19.3 Å². The third-order valence-corrected chi connectivity index (χ3v) is 9.55. The Labute approximate surface area is 341 Å². The minimum Gasteiger partial charge on any atom is -0.496 e. The van der Waals surface area contributed by atoms with Crippen molar-refractivity contribution in [1.29, 1.82) is 0 Å². The Bertz CT molecular complexity index is 2420. The number of sulfonamides is 1. The largest absolute Gasteiger partial charge is 0.496 e. The van der Waals surface area contributed by atoms with E-state index in [1.54, 1.807) is 54.7 Å². The molecule has 59 heavy (non-hydrogen) atoms. The zero-order valence-electron chi connectivity index (χ0n) is 33.2. The topological polar surface area (TPSA) is 250 Å². The first-order valence-corrected chi connectivity index (χ1v) is 20.1. The molecular formula is C41H48N6O11S. The van der Waals surface area contributed by atoms with Gasteiger partial charge in [0, 0.05) is 41.3 Å². The molecule has 0 saturated carbocycles. The first-order valence-electron chi connectivity index (χ1n) is 18.2. The van der Waals surface area contributed by atoms with Crippen molar-refractivity contribution in [1.82, 2.24) is 10.3 Å². The van der Waals surface area contributed by atoms with E-state index in [1.165, 1.54) is 20.3 Å². The smallest absolute Gasteiger partial charge is 0.323 e. The molecule has 0 radical (unpaired) electrons. The summed E-state index contributed by atoms with van der Waals surface area (Å²) in [5, 5.41) is 51.1. The van der Waals surface area contributed by atoms with Gasteiger partial charge in [0.1, 0.15) is 35.3 Å². The molecule has 0 unspecified atom stereocenters. The van der Waals surface area contributed by atoms with Crippen molar-refractivity contribution >= 4 is 61.3 Å². The number of methoxy groups -OCH3 is 2. The molecule has 4 aromatic carbocycles. The highest BCUT2D eigenvalue weighted by atomic mass is 32.2. The SMILES string of the molecule is COc1cc(Nc2cc(Oc3ccc(NC(=O)Nc4cc(C(C)(C)C)cc(NS(C)(=O)=O)c4OC)c4ccccc34)ccn2)ccc1C(=O)NC[C@H](O)[C@H](O)[C@H](O)CO. The van der Waals surface area contributed by atoms with Crippen molar-refractivity contribution in [3.63, 3.8) is 0 Å². The van der Waals surface area contributed by atoms with E-state index in [2.05, 4.69) is 31.0 Å². The van der Waals surface area contributed by atoms with E-state index in [0.717, 1.165) is 11.8 Å². The number of fused-ring (bicyclic) bond motifs is 1. The highest BCUT2D eigenvalue weighted by molar-refractivity contribution is 7.92. The van der Waals surface area contributed by atoms with Gasteiger partial charge in [0.25, 0.3) is 5.91 Å². The van der Waals surface area contributed by atoms with Crippen molar-refractivity contribution in [2.45, 2.75) is 44.5 Å². The van der Waals surface area contributed by atoms with Crippen molar-refractivity contribution in [3.05, 3.63) is 96.2 Å². The quantitative estimate of drug-likeness (QED) is 0.0642. The number of carbonyl (C=O) groups is 2. The lowest BCUT2D eigenvalue weighted by Crippen LogP contribution is -2.45. The third kappa shape index (κ3) is 11.3. The molecule has 17 nitrogen and oxygen atoms in total. The number of pyridine rings is 1. The summed E-state index contributed by atoms with van der Waals surface area (Å²) in [6, 6.07) is 21.6. The van der Waals surface area contributed by atoms with Crippen LogP contribution in [0, 0.1) is 0 Å². The summed E-state index contributed by atoms with van der Waals surface area (Å²) in [6.45, 7) is 4.74. The van der Waals surface area contributed by atoms with Crippen LogP contribution in [0.3, 0.4) is 0 Å². The number of aliphatic hydroxyl groups excluding tert-OH is 4. The molecule has 1 heterocycles. The minimum atomic E-state index is -3.66. The summed E-state index contributed by atoms with van der Waals surface area (Å²) in [5.41, 5.74) is 1.96. The van der Waals surface area contributed by atoms with E-state index in [-0.39, 0.29) is 28.4 Å². The van der Waals surface area contributed by atoms with Crippen molar-refractivity contribution in [3.8, 4) is 23.0 Å². The van der Waals surface area contributed by atoms with Crippen molar-refractivity contribution < 1.29 is 52.6 Å². The van der Waals surface area contributed by atoms with E-state index >= 15 is 0 Å². The molecule has 0 aliphatic heterocycles. The lowest BCUT2D eigenvalue weighted by Gasteiger charge is -2.24. The van der Waals surface area contributed by atoms with Crippen molar-refractivity contribution in [2.24, 2.45) is 0 Å². The van der Waals surface area contributed by atoms with Gasteiger partial charge in [-0.3, -0.25) is 9.52 Å². The number of nitrogens with zero attached hydrogens (tertiary/aromatic N) is 1. The highest BCUT2D eigenvalue weighted by Gasteiger charge is 2.26. The molecule has 0 spiro atoms. The second-order valence-corrected chi connectivity index (χ2v) is 16.3.